The molecule has 3 aromatic heterocycles. The summed E-state index contributed by atoms with van der Waals surface area (Å²) in [4.78, 5) is 30.4. The lowest BCUT2D eigenvalue weighted by Crippen LogP contribution is -2.32. The average molecular weight is 436 g/mol. The van der Waals surface area contributed by atoms with Gasteiger partial charge in [0.05, 0.1) is 11.8 Å². The van der Waals surface area contributed by atoms with Crippen molar-refractivity contribution >= 4 is 39.1 Å². The summed E-state index contributed by atoms with van der Waals surface area (Å²) in [6, 6.07) is 7.56. The number of carbonyl (C=O) groups is 1. The summed E-state index contributed by atoms with van der Waals surface area (Å²) in [5.74, 6) is 0.801. The van der Waals surface area contributed by atoms with E-state index in [1.807, 2.05) is 41.8 Å². The molecule has 0 saturated carbocycles. The second-order valence-corrected chi connectivity index (χ2v) is 7.62. The van der Waals surface area contributed by atoms with Gasteiger partial charge in [-0.2, -0.15) is 0 Å². The molecular weight excluding hydrogens is 422 g/mol. The van der Waals surface area contributed by atoms with Crippen molar-refractivity contribution in [3.05, 3.63) is 64.7 Å². The number of nitrogen functional groups attached to an aromatic ring is 1. The quantitative estimate of drug-likeness (QED) is 0.500. The summed E-state index contributed by atoms with van der Waals surface area (Å²) in [5.41, 5.74) is 7.98. The molecule has 0 radical (unpaired) electrons. The standard InChI is InChI=1S/C19H14BrN7O/c1-19(10-2-4-11(20)5-3-10)14-15(21)24-16(25-17(14)26-18(19)28)12-9-27-7-6-22-13(27)8-23-12/h2-9H,1H3,(H3,21,24,25,26,28). The van der Waals surface area contributed by atoms with Crippen LogP contribution in [0.2, 0.25) is 0 Å². The molecule has 1 aromatic carbocycles. The zero-order valence-corrected chi connectivity index (χ0v) is 16.3. The van der Waals surface area contributed by atoms with Crippen LogP contribution in [0, 0.1) is 0 Å². The molecule has 0 fully saturated rings. The fourth-order valence-electron chi connectivity index (χ4n) is 3.52. The minimum Gasteiger partial charge on any atom is -0.383 e. The summed E-state index contributed by atoms with van der Waals surface area (Å²) >= 11 is 3.42. The summed E-state index contributed by atoms with van der Waals surface area (Å²) in [5, 5.41) is 2.86. The van der Waals surface area contributed by atoms with Crippen molar-refractivity contribution in [2.24, 2.45) is 0 Å². The predicted molar refractivity (Wildman–Crippen MR) is 108 cm³/mol. The van der Waals surface area contributed by atoms with Crippen LogP contribution in [-0.2, 0) is 10.2 Å². The Balaban J connectivity index is 1.66. The van der Waals surface area contributed by atoms with Gasteiger partial charge in [0.25, 0.3) is 0 Å². The van der Waals surface area contributed by atoms with Crippen LogP contribution in [0.3, 0.4) is 0 Å². The van der Waals surface area contributed by atoms with Crippen LogP contribution in [0.15, 0.2) is 53.5 Å². The predicted octanol–water partition coefficient (Wildman–Crippen LogP) is 2.79. The highest BCUT2D eigenvalue weighted by atomic mass is 79.9. The summed E-state index contributed by atoms with van der Waals surface area (Å²) < 4.78 is 2.75. The van der Waals surface area contributed by atoms with Crippen molar-refractivity contribution in [1.82, 2.24) is 24.3 Å². The number of rotatable bonds is 2. The Morgan fingerprint density at radius 3 is 2.75 bits per heavy atom. The number of nitrogens with one attached hydrogen (secondary N) is 1. The zero-order valence-electron chi connectivity index (χ0n) is 14.7. The summed E-state index contributed by atoms with van der Waals surface area (Å²) in [7, 11) is 0. The van der Waals surface area contributed by atoms with E-state index in [0.717, 1.165) is 10.0 Å². The first-order valence-corrected chi connectivity index (χ1v) is 9.30. The number of nitrogens with zero attached hydrogens (tertiary/aromatic N) is 5. The highest BCUT2D eigenvalue weighted by molar-refractivity contribution is 9.10. The van der Waals surface area contributed by atoms with Crippen LogP contribution < -0.4 is 11.1 Å². The molecule has 4 heterocycles. The molecule has 0 saturated heterocycles. The first kappa shape index (κ1) is 16.8. The van der Waals surface area contributed by atoms with E-state index >= 15 is 0 Å². The van der Waals surface area contributed by atoms with E-state index in [1.54, 1.807) is 18.6 Å². The Morgan fingerprint density at radius 1 is 1.18 bits per heavy atom. The number of anilines is 2. The summed E-state index contributed by atoms with van der Waals surface area (Å²) in [6.07, 6.45) is 6.90. The number of aromatic nitrogens is 5. The minimum absolute atomic E-state index is 0.194. The number of benzene rings is 1. The first-order chi connectivity index (χ1) is 13.5. The van der Waals surface area contributed by atoms with Crippen LogP contribution in [0.1, 0.15) is 18.1 Å². The van der Waals surface area contributed by atoms with Crippen LogP contribution in [0.5, 0.6) is 0 Å². The Labute approximate surface area is 168 Å². The van der Waals surface area contributed by atoms with Gasteiger partial charge in [0.2, 0.25) is 5.91 Å². The number of carbonyl (C=O) groups excluding carboxylic acids is 1. The van der Waals surface area contributed by atoms with E-state index in [-0.39, 0.29) is 11.7 Å². The number of hydrogen-bond acceptors (Lipinski definition) is 6. The third kappa shape index (κ3) is 2.32. The van der Waals surface area contributed by atoms with Crippen LogP contribution in [0.25, 0.3) is 17.2 Å². The molecule has 0 spiro atoms. The zero-order chi connectivity index (χ0) is 19.5. The van der Waals surface area contributed by atoms with Gasteiger partial charge < -0.3 is 15.5 Å². The van der Waals surface area contributed by atoms with Crippen LogP contribution >= 0.6 is 15.9 Å². The number of nitrogens with two attached hydrogens (primary N) is 1. The SMILES string of the molecule is CC1(c2ccc(Br)cc2)C(=O)Nc2nc(-c3cn4ccnc4cn3)nc(N)c21. The first-order valence-electron chi connectivity index (χ1n) is 8.51. The van der Waals surface area contributed by atoms with E-state index in [2.05, 4.69) is 41.2 Å². The Hall–Kier alpha value is -3.33. The second-order valence-electron chi connectivity index (χ2n) is 6.71. The van der Waals surface area contributed by atoms with Gasteiger partial charge in [-0.15, -0.1) is 0 Å². The molecule has 1 aliphatic rings. The molecule has 9 heteroatoms. The molecule has 1 unspecified atom stereocenters. The van der Waals surface area contributed by atoms with Crippen molar-refractivity contribution < 1.29 is 4.79 Å². The molecular formula is C19H14BrN7O. The molecule has 138 valence electrons. The highest BCUT2D eigenvalue weighted by Gasteiger charge is 2.47. The average Bonchev–Trinajstić information content (AvgIpc) is 3.25. The van der Waals surface area contributed by atoms with Gasteiger partial charge in [0.15, 0.2) is 11.5 Å². The largest absolute Gasteiger partial charge is 0.383 e. The van der Waals surface area contributed by atoms with E-state index in [4.69, 9.17) is 5.73 Å². The van der Waals surface area contributed by atoms with Gasteiger partial charge in [-0.05, 0) is 24.6 Å². The van der Waals surface area contributed by atoms with Crippen molar-refractivity contribution in [1.29, 1.82) is 0 Å². The fraction of sp³-hybridized carbons (Fsp3) is 0.105. The number of amides is 1. The molecule has 5 rings (SSSR count). The Bertz CT molecular complexity index is 1250. The normalized spacial score (nSPS) is 18.3. The molecule has 0 bridgehead atoms. The third-order valence-corrected chi connectivity index (χ3v) is 5.58. The van der Waals surface area contributed by atoms with E-state index in [9.17, 15) is 4.79 Å². The molecule has 3 N–H and O–H groups in total. The smallest absolute Gasteiger partial charge is 0.240 e. The molecule has 1 atom stereocenters. The third-order valence-electron chi connectivity index (χ3n) is 5.05. The van der Waals surface area contributed by atoms with Crippen LogP contribution in [0.4, 0.5) is 11.6 Å². The van der Waals surface area contributed by atoms with Gasteiger partial charge >= 0.3 is 0 Å². The van der Waals surface area contributed by atoms with Crippen molar-refractivity contribution in [2.75, 3.05) is 11.1 Å². The molecule has 0 aliphatic carbocycles. The molecule has 8 nitrogen and oxygen atoms in total. The lowest BCUT2D eigenvalue weighted by molar-refractivity contribution is -0.119. The molecule has 1 amide bonds. The van der Waals surface area contributed by atoms with Gasteiger partial charge in [-0.3, -0.25) is 4.79 Å². The van der Waals surface area contributed by atoms with Crippen LogP contribution in [-0.4, -0.2) is 30.2 Å². The minimum atomic E-state index is -0.972. The summed E-state index contributed by atoms with van der Waals surface area (Å²) in [6.45, 7) is 1.83. The van der Waals surface area contributed by atoms with Crippen molar-refractivity contribution in [3.63, 3.8) is 0 Å². The fourth-order valence-corrected chi connectivity index (χ4v) is 3.79. The van der Waals surface area contributed by atoms with E-state index in [1.165, 1.54) is 0 Å². The topological polar surface area (TPSA) is 111 Å². The monoisotopic (exact) mass is 435 g/mol. The van der Waals surface area contributed by atoms with E-state index in [0.29, 0.717) is 28.5 Å². The maximum Gasteiger partial charge on any atom is 0.240 e. The lowest BCUT2D eigenvalue weighted by Gasteiger charge is -2.23. The van der Waals surface area contributed by atoms with Crippen molar-refractivity contribution in [2.45, 2.75) is 12.3 Å². The van der Waals surface area contributed by atoms with Crippen molar-refractivity contribution in [3.8, 4) is 11.5 Å². The van der Waals surface area contributed by atoms with Gasteiger partial charge in [0.1, 0.15) is 22.7 Å². The highest BCUT2D eigenvalue weighted by Crippen LogP contribution is 2.44. The second kappa shape index (κ2) is 5.83. The van der Waals surface area contributed by atoms with E-state index < -0.39 is 5.41 Å². The molecule has 1 aliphatic heterocycles. The maximum atomic E-state index is 12.9. The molecule has 28 heavy (non-hydrogen) atoms. The van der Waals surface area contributed by atoms with Gasteiger partial charge in [0, 0.05) is 23.1 Å². The number of halogens is 1. The number of imidazole rings is 1. The Morgan fingerprint density at radius 2 is 1.96 bits per heavy atom. The van der Waals surface area contributed by atoms with Gasteiger partial charge in [-0.1, -0.05) is 28.1 Å². The lowest BCUT2D eigenvalue weighted by atomic mass is 9.78. The molecule has 4 aromatic rings. The number of hydrogen-bond donors (Lipinski definition) is 2. The maximum absolute atomic E-state index is 12.9. The Kier molecular flexibility index (Phi) is 3.50. The van der Waals surface area contributed by atoms with Gasteiger partial charge in [-0.25, -0.2) is 19.9 Å². The number of fused-ring (bicyclic) bond motifs is 2.